The van der Waals surface area contributed by atoms with Gasteiger partial charge in [-0.3, -0.25) is 4.79 Å². The maximum absolute atomic E-state index is 11.2. The van der Waals surface area contributed by atoms with Gasteiger partial charge in [-0.2, -0.15) is 8.75 Å². The number of hydrogen-bond donors (Lipinski definition) is 3. The summed E-state index contributed by atoms with van der Waals surface area (Å²) < 4.78 is 7.19. The number of aliphatic hydroxyl groups is 1. The highest BCUT2D eigenvalue weighted by Crippen LogP contribution is 1.95. The lowest BCUT2D eigenvalue weighted by Gasteiger charge is -2.09. The van der Waals surface area contributed by atoms with Crippen LogP contribution in [0.3, 0.4) is 0 Å². The van der Waals surface area contributed by atoms with Crippen molar-refractivity contribution in [3.8, 4) is 0 Å². The molecule has 1 aromatic heterocycles. The number of nitrogens with one attached hydrogen (secondary N) is 1. The monoisotopic (exact) mass is 217 g/mol. The molecule has 0 saturated heterocycles. The van der Waals surface area contributed by atoms with Crippen molar-refractivity contribution in [2.45, 2.75) is 6.04 Å². The third-order valence-corrected chi connectivity index (χ3v) is 1.86. The summed E-state index contributed by atoms with van der Waals surface area (Å²) in [6.07, 6.45) is 1.22. The smallest absolute Gasteiger partial charge is 0.328 e. The minimum Gasteiger partial charge on any atom is -0.480 e. The fourth-order valence-electron chi connectivity index (χ4n) is 0.682. The van der Waals surface area contributed by atoms with E-state index in [4.69, 9.17) is 10.2 Å². The second-order valence-corrected chi connectivity index (χ2v) is 2.90. The molecule has 0 aliphatic rings. The van der Waals surface area contributed by atoms with Crippen molar-refractivity contribution < 1.29 is 19.8 Å². The van der Waals surface area contributed by atoms with E-state index in [1.165, 1.54) is 6.20 Å². The van der Waals surface area contributed by atoms with E-state index in [1.807, 2.05) is 0 Å². The van der Waals surface area contributed by atoms with Crippen LogP contribution >= 0.6 is 11.7 Å². The van der Waals surface area contributed by atoms with Gasteiger partial charge in [0.1, 0.15) is 0 Å². The molecule has 1 heterocycles. The largest absolute Gasteiger partial charge is 0.480 e. The van der Waals surface area contributed by atoms with Crippen molar-refractivity contribution in [1.29, 1.82) is 0 Å². The summed E-state index contributed by atoms with van der Waals surface area (Å²) in [5.74, 6) is -1.97. The molecular weight excluding hydrogens is 210 g/mol. The second-order valence-electron chi connectivity index (χ2n) is 2.34. The van der Waals surface area contributed by atoms with Crippen molar-refractivity contribution in [3.63, 3.8) is 0 Å². The number of hydrogen-bond acceptors (Lipinski definition) is 6. The van der Waals surface area contributed by atoms with Gasteiger partial charge < -0.3 is 15.5 Å². The number of amides is 1. The predicted octanol–water partition coefficient (Wildman–Crippen LogP) is -1.29. The molecule has 0 radical (unpaired) electrons. The van der Waals surface area contributed by atoms with Crippen LogP contribution in [-0.2, 0) is 4.79 Å². The van der Waals surface area contributed by atoms with E-state index in [1.54, 1.807) is 0 Å². The van der Waals surface area contributed by atoms with Gasteiger partial charge in [0.05, 0.1) is 24.5 Å². The molecule has 8 heteroatoms. The Bertz CT molecular complexity index is 326. The summed E-state index contributed by atoms with van der Waals surface area (Å²) in [7, 11) is 0. The van der Waals surface area contributed by atoms with Gasteiger partial charge in [-0.15, -0.1) is 0 Å². The number of aliphatic hydroxyl groups excluding tert-OH is 1. The highest BCUT2D eigenvalue weighted by atomic mass is 32.1. The zero-order chi connectivity index (χ0) is 10.6. The molecule has 1 atom stereocenters. The quantitative estimate of drug-likeness (QED) is 0.578. The molecule has 3 N–H and O–H groups in total. The van der Waals surface area contributed by atoms with Crippen LogP contribution in [0.1, 0.15) is 10.5 Å². The van der Waals surface area contributed by atoms with Crippen molar-refractivity contribution in [2.75, 3.05) is 6.61 Å². The van der Waals surface area contributed by atoms with Crippen molar-refractivity contribution in [3.05, 3.63) is 11.9 Å². The van der Waals surface area contributed by atoms with Crippen LogP contribution in [0, 0.1) is 0 Å². The van der Waals surface area contributed by atoms with E-state index in [0.717, 1.165) is 11.7 Å². The topological polar surface area (TPSA) is 112 Å². The molecule has 1 aromatic rings. The Kier molecular flexibility index (Phi) is 3.48. The highest BCUT2D eigenvalue weighted by Gasteiger charge is 2.20. The molecule has 0 aliphatic carbocycles. The van der Waals surface area contributed by atoms with Gasteiger partial charge in [0.25, 0.3) is 5.91 Å². The minimum atomic E-state index is -1.32. The maximum Gasteiger partial charge on any atom is 0.328 e. The van der Waals surface area contributed by atoms with Crippen LogP contribution in [0.2, 0.25) is 0 Å². The normalized spacial score (nSPS) is 12.1. The molecular formula is C6H7N3O4S. The molecule has 0 saturated carbocycles. The van der Waals surface area contributed by atoms with Crippen LogP contribution < -0.4 is 5.32 Å². The van der Waals surface area contributed by atoms with E-state index >= 15 is 0 Å². The van der Waals surface area contributed by atoms with Crippen LogP contribution in [0.4, 0.5) is 0 Å². The summed E-state index contributed by atoms with van der Waals surface area (Å²) in [5.41, 5.74) is 0.0368. The molecule has 0 bridgehead atoms. The Morgan fingerprint density at radius 1 is 1.64 bits per heavy atom. The molecule has 7 nitrogen and oxygen atoms in total. The van der Waals surface area contributed by atoms with Gasteiger partial charge in [0.2, 0.25) is 0 Å². The van der Waals surface area contributed by atoms with Gasteiger partial charge in [-0.05, 0) is 0 Å². The summed E-state index contributed by atoms with van der Waals surface area (Å²) >= 11 is 0.840. The molecule has 76 valence electrons. The molecule has 0 fully saturated rings. The number of rotatable bonds is 4. The lowest BCUT2D eigenvalue weighted by molar-refractivity contribution is -0.140. The van der Waals surface area contributed by atoms with Crippen molar-refractivity contribution in [2.24, 2.45) is 0 Å². The Morgan fingerprint density at radius 2 is 2.36 bits per heavy atom. The SMILES string of the molecule is O=C(N[C@@H](CO)C(=O)O)c1cnsn1. The first-order valence-corrected chi connectivity index (χ1v) is 4.30. The summed E-state index contributed by atoms with van der Waals surface area (Å²) in [4.78, 5) is 21.6. The molecule has 0 aliphatic heterocycles. The minimum absolute atomic E-state index is 0.0368. The summed E-state index contributed by atoms with van der Waals surface area (Å²) in [6, 6.07) is -1.32. The van der Waals surface area contributed by atoms with Crippen LogP contribution in [0.5, 0.6) is 0 Å². The van der Waals surface area contributed by atoms with Crippen LogP contribution in [-0.4, -0.2) is 43.5 Å². The lowest BCUT2D eigenvalue weighted by Crippen LogP contribution is -2.43. The standard InChI is InChI=1S/C6H7N3O4S/c10-2-4(6(12)13)8-5(11)3-1-7-14-9-3/h1,4,10H,2H2,(H,8,11)(H,12,13)/t4-/m0/s1. The van der Waals surface area contributed by atoms with E-state index in [2.05, 4.69) is 14.1 Å². The number of aliphatic carboxylic acids is 1. The van der Waals surface area contributed by atoms with Crippen molar-refractivity contribution >= 4 is 23.6 Å². The average Bonchev–Trinajstić information content (AvgIpc) is 2.65. The number of carboxylic acids is 1. The van der Waals surface area contributed by atoms with Gasteiger partial charge in [0, 0.05) is 0 Å². The Labute approximate surface area is 82.7 Å². The van der Waals surface area contributed by atoms with E-state index in [9.17, 15) is 9.59 Å². The molecule has 14 heavy (non-hydrogen) atoms. The number of carbonyl (C=O) groups is 2. The maximum atomic E-state index is 11.2. The van der Waals surface area contributed by atoms with Gasteiger partial charge >= 0.3 is 5.97 Å². The van der Waals surface area contributed by atoms with Gasteiger partial charge in [-0.1, -0.05) is 0 Å². The van der Waals surface area contributed by atoms with Gasteiger partial charge in [0.15, 0.2) is 11.7 Å². The first-order valence-electron chi connectivity index (χ1n) is 3.57. The zero-order valence-corrected chi connectivity index (χ0v) is 7.69. The number of nitrogens with zero attached hydrogens (tertiary/aromatic N) is 2. The van der Waals surface area contributed by atoms with E-state index in [0.29, 0.717) is 0 Å². The fourth-order valence-corrected chi connectivity index (χ4v) is 1.09. The molecule has 0 unspecified atom stereocenters. The van der Waals surface area contributed by atoms with E-state index in [-0.39, 0.29) is 5.69 Å². The molecule has 1 amide bonds. The second kappa shape index (κ2) is 4.63. The summed E-state index contributed by atoms with van der Waals surface area (Å²) in [5, 5.41) is 19.2. The number of aromatic nitrogens is 2. The zero-order valence-electron chi connectivity index (χ0n) is 6.88. The Hall–Kier alpha value is -1.54. The van der Waals surface area contributed by atoms with Gasteiger partial charge in [-0.25, -0.2) is 4.79 Å². The first-order chi connectivity index (χ1) is 6.65. The van der Waals surface area contributed by atoms with Crippen molar-refractivity contribution in [1.82, 2.24) is 14.1 Å². The highest BCUT2D eigenvalue weighted by molar-refractivity contribution is 6.99. The van der Waals surface area contributed by atoms with Crippen LogP contribution in [0.25, 0.3) is 0 Å². The predicted molar refractivity (Wildman–Crippen MR) is 45.9 cm³/mol. The Morgan fingerprint density at radius 3 is 2.79 bits per heavy atom. The first kappa shape index (κ1) is 10.5. The lowest BCUT2D eigenvalue weighted by atomic mass is 10.3. The molecule has 1 rings (SSSR count). The number of carbonyl (C=O) groups excluding carboxylic acids is 1. The van der Waals surface area contributed by atoms with Crippen LogP contribution in [0.15, 0.2) is 6.20 Å². The molecule has 0 aromatic carbocycles. The fraction of sp³-hybridized carbons (Fsp3) is 0.333. The molecule has 0 spiro atoms. The summed E-state index contributed by atoms with van der Waals surface area (Å²) in [6.45, 7) is -0.668. The average molecular weight is 217 g/mol. The third kappa shape index (κ3) is 2.47. The number of carboxylic acid groups (broad SMARTS) is 1. The third-order valence-electron chi connectivity index (χ3n) is 1.38. The Balaban J connectivity index is 2.60. The van der Waals surface area contributed by atoms with E-state index < -0.39 is 24.5 Å².